The average Bonchev–Trinajstić information content (AvgIpc) is 3.37. The molecule has 28 heavy (non-hydrogen) atoms. The molecule has 8 heteroatoms. The fourth-order valence-electron chi connectivity index (χ4n) is 1.39. The highest BCUT2D eigenvalue weighted by molar-refractivity contribution is 7.15. The normalized spacial score (nSPS) is 8.68. The first kappa shape index (κ1) is 23.9. The highest BCUT2D eigenvalue weighted by Gasteiger charge is 2.10. The summed E-state index contributed by atoms with van der Waals surface area (Å²) in [5.41, 5.74) is 12.4. The molecule has 1 amide bonds. The van der Waals surface area contributed by atoms with Gasteiger partial charge in [-0.15, -0.1) is 11.3 Å². The Kier molecular flexibility index (Phi) is 12.0. The lowest BCUT2D eigenvalue weighted by Gasteiger charge is -1.98. The summed E-state index contributed by atoms with van der Waals surface area (Å²) < 4.78 is 4.91. The van der Waals surface area contributed by atoms with E-state index in [-0.39, 0.29) is 10.6 Å². The predicted octanol–water partition coefficient (Wildman–Crippen LogP) is 3.62. The van der Waals surface area contributed by atoms with Gasteiger partial charge in [0.25, 0.3) is 0 Å². The van der Waals surface area contributed by atoms with Crippen LogP contribution >= 0.6 is 11.3 Å². The van der Waals surface area contributed by atoms with Crippen molar-refractivity contribution in [2.75, 3.05) is 0 Å². The maximum Gasteiger partial charge on any atom is 0.345 e. The van der Waals surface area contributed by atoms with E-state index in [1.165, 1.54) is 24.3 Å². The fraction of sp³-hybridized carbons (Fsp3) is 0.0500. The minimum absolute atomic E-state index is 0.161. The Labute approximate surface area is 165 Å². The number of aromatic carboxylic acids is 1. The van der Waals surface area contributed by atoms with Gasteiger partial charge in [-0.1, -0.05) is 11.5 Å². The Bertz CT molecular complexity index is 981. The summed E-state index contributed by atoms with van der Waals surface area (Å²) in [6, 6.07) is 6.26. The number of amides is 1. The molecule has 0 fully saturated rings. The van der Waals surface area contributed by atoms with E-state index in [9.17, 15) is 9.59 Å². The number of nitrogens with zero attached hydrogens (tertiary/aromatic N) is 1. The van der Waals surface area contributed by atoms with E-state index >= 15 is 0 Å². The van der Waals surface area contributed by atoms with E-state index in [0.717, 1.165) is 11.3 Å². The Balaban J connectivity index is 0.000000683. The van der Waals surface area contributed by atoms with Crippen molar-refractivity contribution in [2.45, 2.75) is 6.92 Å². The van der Waals surface area contributed by atoms with Gasteiger partial charge >= 0.3 is 11.9 Å². The maximum atomic E-state index is 11.6. The summed E-state index contributed by atoms with van der Waals surface area (Å²) >= 11 is 1.09. The van der Waals surface area contributed by atoms with Crippen LogP contribution in [-0.4, -0.2) is 28.6 Å². The van der Waals surface area contributed by atoms with Crippen LogP contribution in [0.1, 0.15) is 32.0 Å². The number of hydrazone groups is 1. The minimum Gasteiger partial charge on any atom is -0.477 e. The van der Waals surface area contributed by atoms with Gasteiger partial charge < -0.3 is 9.52 Å². The van der Waals surface area contributed by atoms with Gasteiger partial charge in [-0.3, -0.25) is 4.79 Å². The first-order chi connectivity index (χ1) is 13.4. The fourth-order valence-corrected chi connectivity index (χ4v) is 2.18. The Morgan fingerprint density at radius 3 is 2.14 bits per heavy atom. The number of nitrogens with one attached hydrogen (secondary N) is 1. The molecular weight excluding hydrogens is 380 g/mol. The molecule has 2 heterocycles. The molecule has 7 nitrogen and oxygen atoms in total. The highest BCUT2D eigenvalue weighted by atomic mass is 32.1. The van der Waals surface area contributed by atoms with Crippen molar-refractivity contribution in [1.82, 2.24) is 5.43 Å². The van der Waals surface area contributed by atoms with Crippen molar-refractivity contribution in [1.29, 1.82) is 0 Å². The molecule has 0 aromatic carbocycles. The van der Waals surface area contributed by atoms with Crippen LogP contribution in [0.25, 0.3) is 0 Å². The number of carboxylic acid groups (broad SMARTS) is 1. The number of thiophene rings is 1. The second kappa shape index (κ2) is 14.1. The van der Waals surface area contributed by atoms with E-state index in [2.05, 4.69) is 53.2 Å². The number of hydrogen-bond acceptors (Lipinski definition) is 6. The standard InChI is InChI=1S/C12H10N2O4S.C6H4.C2H2O/c1-7(9-4-5-10(19-9)12(16)17)13-14-11(15)8-3-2-6-18-8;1-3-5-6-4-2;1-2-3/h2-6H,1H3,(H,14,15)(H,16,17);1-2H2;1H2/b13-7+;;. The third-order valence-corrected chi connectivity index (χ3v) is 3.66. The topological polar surface area (TPSA) is 109 Å². The van der Waals surface area contributed by atoms with Crippen molar-refractivity contribution < 1.29 is 23.9 Å². The first-order valence-electron chi connectivity index (χ1n) is 7.31. The van der Waals surface area contributed by atoms with Gasteiger partial charge in [0.1, 0.15) is 10.8 Å². The van der Waals surface area contributed by atoms with Crippen molar-refractivity contribution >= 4 is 34.9 Å². The Hall–Kier alpha value is -4.10. The van der Waals surface area contributed by atoms with Crippen LogP contribution in [0.15, 0.2) is 82.7 Å². The second-order valence-electron chi connectivity index (χ2n) is 4.33. The van der Waals surface area contributed by atoms with Gasteiger partial charge in [-0.2, -0.15) is 5.10 Å². The Morgan fingerprint density at radius 2 is 1.71 bits per heavy atom. The number of carbonyl (C=O) groups is 2. The summed E-state index contributed by atoms with van der Waals surface area (Å²) in [7, 11) is 0. The van der Waals surface area contributed by atoms with Crippen molar-refractivity contribution in [3.63, 3.8) is 0 Å². The molecule has 2 aromatic rings. The van der Waals surface area contributed by atoms with Gasteiger partial charge in [0.05, 0.1) is 16.9 Å². The van der Waals surface area contributed by atoms with E-state index in [1.807, 2.05) is 0 Å². The molecule has 0 radical (unpaired) electrons. The smallest absolute Gasteiger partial charge is 0.345 e. The number of carbonyl (C=O) groups excluding carboxylic acids is 2. The lowest BCUT2D eigenvalue weighted by atomic mass is 10.3. The molecule has 0 aliphatic rings. The first-order valence-corrected chi connectivity index (χ1v) is 8.12. The number of rotatable bonds is 4. The molecule has 0 bridgehead atoms. The molecule has 0 aliphatic carbocycles. The molecule has 0 saturated heterocycles. The van der Waals surface area contributed by atoms with Gasteiger partial charge in [0.15, 0.2) is 5.76 Å². The summed E-state index contributed by atoms with van der Waals surface area (Å²) in [6.07, 6.45) is 1.39. The quantitative estimate of drug-likeness (QED) is 0.355. The van der Waals surface area contributed by atoms with E-state index in [1.54, 1.807) is 19.1 Å². The molecule has 2 aromatic heterocycles. The van der Waals surface area contributed by atoms with Gasteiger partial charge in [0.2, 0.25) is 0 Å². The number of hydrogen-bond donors (Lipinski definition) is 2. The average molecular weight is 396 g/mol. The van der Waals surface area contributed by atoms with Crippen molar-refractivity contribution in [2.24, 2.45) is 5.10 Å². The van der Waals surface area contributed by atoms with Crippen molar-refractivity contribution in [3.8, 4) is 0 Å². The lowest BCUT2D eigenvalue weighted by molar-refractivity contribution is 0.0702. The van der Waals surface area contributed by atoms with Crippen LogP contribution in [0.3, 0.4) is 0 Å². The predicted molar refractivity (Wildman–Crippen MR) is 106 cm³/mol. The molecule has 0 spiro atoms. The molecule has 0 unspecified atom stereocenters. The van der Waals surface area contributed by atoms with E-state index in [4.69, 9.17) is 14.3 Å². The van der Waals surface area contributed by atoms with Crippen LogP contribution in [0.5, 0.6) is 0 Å². The van der Waals surface area contributed by atoms with E-state index < -0.39 is 11.9 Å². The molecule has 0 atom stereocenters. The number of carboxylic acids is 1. The molecule has 0 saturated carbocycles. The van der Waals surface area contributed by atoms with Crippen LogP contribution in [0.4, 0.5) is 0 Å². The zero-order valence-corrected chi connectivity index (χ0v) is 15.8. The molecular formula is C20H16N2O5S. The summed E-state index contributed by atoms with van der Waals surface area (Å²) in [5, 5.41) is 12.7. The van der Waals surface area contributed by atoms with Gasteiger partial charge in [-0.05, 0) is 62.4 Å². The van der Waals surface area contributed by atoms with Gasteiger partial charge in [-0.25, -0.2) is 15.0 Å². The molecule has 0 aliphatic heterocycles. The van der Waals surface area contributed by atoms with Crippen LogP contribution < -0.4 is 5.43 Å². The number of furan rings is 1. The largest absolute Gasteiger partial charge is 0.477 e. The molecule has 2 N–H and O–H groups in total. The monoisotopic (exact) mass is 396 g/mol. The van der Waals surface area contributed by atoms with Crippen LogP contribution in [0.2, 0.25) is 0 Å². The van der Waals surface area contributed by atoms with Crippen molar-refractivity contribution in [3.05, 3.63) is 88.7 Å². The molecule has 2 rings (SSSR count). The highest BCUT2D eigenvalue weighted by Crippen LogP contribution is 2.17. The molecule has 142 valence electrons. The Morgan fingerprint density at radius 1 is 1.14 bits per heavy atom. The zero-order valence-electron chi connectivity index (χ0n) is 14.9. The van der Waals surface area contributed by atoms with Crippen LogP contribution in [0, 0.1) is 0 Å². The van der Waals surface area contributed by atoms with Gasteiger partial charge in [0, 0.05) is 0 Å². The third kappa shape index (κ3) is 9.40. The third-order valence-electron chi connectivity index (χ3n) is 2.48. The zero-order chi connectivity index (χ0) is 21.4. The SMILES string of the molecule is C/C(=N\NC(=O)c1ccco1)c1ccc(C(=O)O)s1.C=C=C=C=C=C.C=C=O. The summed E-state index contributed by atoms with van der Waals surface area (Å²) in [5.74, 6) is -0.0306. The summed E-state index contributed by atoms with van der Waals surface area (Å²) in [4.78, 5) is 31.8. The maximum absolute atomic E-state index is 11.6. The van der Waals surface area contributed by atoms with Crippen LogP contribution in [-0.2, 0) is 4.79 Å². The lowest BCUT2D eigenvalue weighted by Crippen LogP contribution is -2.18. The second-order valence-corrected chi connectivity index (χ2v) is 5.42. The van der Waals surface area contributed by atoms with E-state index in [0.29, 0.717) is 10.6 Å². The summed E-state index contributed by atoms with van der Waals surface area (Å²) in [6.45, 7) is 10.8. The minimum atomic E-state index is -0.983.